The molecule has 0 aromatic heterocycles. The number of aliphatic hydroxyl groups is 3. The monoisotopic (exact) mass is 272 g/mol. The second-order valence-corrected chi connectivity index (χ2v) is 4.61. The minimum absolute atomic E-state index is 0.0278. The van der Waals surface area contributed by atoms with Gasteiger partial charge in [-0.1, -0.05) is 30.3 Å². The van der Waals surface area contributed by atoms with Gasteiger partial charge in [0, 0.05) is 11.6 Å². The van der Waals surface area contributed by atoms with Crippen molar-refractivity contribution in [1.29, 1.82) is 0 Å². The number of ketones is 1. The molecule has 2 aliphatic rings. The SMILES string of the molecule is O=C1C=C(c2ccccc2)OC2CC(O)=C(O)C(O)=C12. The molecule has 0 spiro atoms. The molecule has 102 valence electrons. The van der Waals surface area contributed by atoms with E-state index in [0.29, 0.717) is 5.76 Å². The van der Waals surface area contributed by atoms with Crippen LogP contribution in [0.3, 0.4) is 0 Å². The molecule has 1 heterocycles. The second-order valence-electron chi connectivity index (χ2n) is 4.61. The maximum Gasteiger partial charge on any atom is 0.196 e. The first-order chi connectivity index (χ1) is 9.58. The highest BCUT2D eigenvalue weighted by molar-refractivity contribution is 6.10. The molecule has 0 saturated carbocycles. The molecule has 1 aromatic carbocycles. The Labute approximate surface area is 114 Å². The number of carbonyl (C=O) groups is 1. The van der Waals surface area contributed by atoms with Crippen molar-refractivity contribution in [2.75, 3.05) is 0 Å². The summed E-state index contributed by atoms with van der Waals surface area (Å²) in [7, 11) is 0. The van der Waals surface area contributed by atoms with Crippen LogP contribution < -0.4 is 0 Å². The highest BCUT2D eigenvalue weighted by Crippen LogP contribution is 2.36. The summed E-state index contributed by atoms with van der Waals surface area (Å²) in [5.41, 5.74) is 0.706. The van der Waals surface area contributed by atoms with E-state index in [1.807, 2.05) is 18.2 Å². The molecular formula is C15H12O5. The molecule has 3 N–H and O–H groups in total. The summed E-state index contributed by atoms with van der Waals surface area (Å²) in [5, 5.41) is 28.8. The Morgan fingerprint density at radius 2 is 1.75 bits per heavy atom. The number of hydrogen-bond donors (Lipinski definition) is 3. The van der Waals surface area contributed by atoms with E-state index in [2.05, 4.69) is 0 Å². The third-order valence-corrected chi connectivity index (χ3v) is 3.31. The van der Waals surface area contributed by atoms with E-state index < -0.39 is 29.2 Å². The normalized spacial score (nSPS) is 22.3. The van der Waals surface area contributed by atoms with Gasteiger partial charge in [0.2, 0.25) is 0 Å². The maximum absolute atomic E-state index is 12.1. The molecular weight excluding hydrogens is 260 g/mol. The molecule has 1 aliphatic carbocycles. The van der Waals surface area contributed by atoms with Crippen molar-refractivity contribution in [2.45, 2.75) is 12.5 Å². The Hall–Kier alpha value is -2.69. The van der Waals surface area contributed by atoms with Crippen LogP contribution in [0.4, 0.5) is 0 Å². The number of allylic oxidation sites excluding steroid dienone is 1. The van der Waals surface area contributed by atoms with Gasteiger partial charge in [0.1, 0.15) is 17.6 Å². The van der Waals surface area contributed by atoms with Crippen LogP contribution in [-0.2, 0) is 9.53 Å². The van der Waals surface area contributed by atoms with E-state index in [4.69, 9.17) is 4.74 Å². The molecule has 0 amide bonds. The van der Waals surface area contributed by atoms with Crippen LogP contribution in [0.25, 0.3) is 5.76 Å². The molecule has 0 fully saturated rings. The number of benzene rings is 1. The zero-order valence-electron chi connectivity index (χ0n) is 10.4. The van der Waals surface area contributed by atoms with Crippen molar-refractivity contribution >= 4 is 11.5 Å². The van der Waals surface area contributed by atoms with Gasteiger partial charge < -0.3 is 20.1 Å². The fraction of sp³-hybridized carbons (Fsp3) is 0.133. The van der Waals surface area contributed by atoms with Crippen molar-refractivity contribution in [3.8, 4) is 0 Å². The first kappa shape index (κ1) is 12.3. The first-order valence-electron chi connectivity index (χ1n) is 6.10. The smallest absolute Gasteiger partial charge is 0.196 e. The standard InChI is InChI=1S/C15H12O5/c16-9-6-11(8-4-2-1-3-5-8)20-12-7-10(17)14(18)15(19)13(9)12/h1-6,12,17-19H,7H2. The molecule has 5 nitrogen and oxygen atoms in total. The Morgan fingerprint density at radius 1 is 1.05 bits per heavy atom. The van der Waals surface area contributed by atoms with E-state index in [0.717, 1.165) is 5.56 Å². The van der Waals surface area contributed by atoms with Gasteiger partial charge in [0.25, 0.3) is 0 Å². The van der Waals surface area contributed by atoms with Crippen LogP contribution in [0.2, 0.25) is 0 Å². The zero-order valence-corrected chi connectivity index (χ0v) is 10.4. The predicted molar refractivity (Wildman–Crippen MR) is 70.9 cm³/mol. The first-order valence-corrected chi connectivity index (χ1v) is 6.10. The zero-order chi connectivity index (χ0) is 14.3. The number of carbonyl (C=O) groups excluding carboxylic acids is 1. The van der Waals surface area contributed by atoms with Crippen LogP contribution in [0, 0.1) is 0 Å². The molecule has 0 radical (unpaired) electrons. The van der Waals surface area contributed by atoms with Crippen molar-refractivity contribution in [3.05, 3.63) is 64.8 Å². The lowest BCUT2D eigenvalue weighted by Gasteiger charge is -2.29. The van der Waals surface area contributed by atoms with E-state index in [-0.39, 0.29) is 12.0 Å². The Balaban J connectivity index is 2.04. The van der Waals surface area contributed by atoms with E-state index in [9.17, 15) is 20.1 Å². The average molecular weight is 272 g/mol. The fourth-order valence-corrected chi connectivity index (χ4v) is 2.30. The lowest BCUT2D eigenvalue weighted by atomic mass is 9.91. The molecule has 20 heavy (non-hydrogen) atoms. The van der Waals surface area contributed by atoms with Gasteiger partial charge in [-0.2, -0.15) is 0 Å². The van der Waals surface area contributed by atoms with E-state index in [1.165, 1.54) is 6.08 Å². The van der Waals surface area contributed by atoms with Gasteiger partial charge in [-0.3, -0.25) is 4.79 Å². The lowest BCUT2D eigenvalue weighted by molar-refractivity contribution is -0.113. The predicted octanol–water partition coefficient (Wildman–Crippen LogP) is 2.54. The Morgan fingerprint density at radius 3 is 2.45 bits per heavy atom. The van der Waals surface area contributed by atoms with Gasteiger partial charge in [0.15, 0.2) is 17.3 Å². The topological polar surface area (TPSA) is 87.0 Å². The van der Waals surface area contributed by atoms with Crippen molar-refractivity contribution in [2.24, 2.45) is 0 Å². The molecule has 1 unspecified atom stereocenters. The van der Waals surface area contributed by atoms with Crippen molar-refractivity contribution in [1.82, 2.24) is 0 Å². The quantitative estimate of drug-likeness (QED) is 0.731. The van der Waals surface area contributed by atoms with Crippen molar-refractivity contribution < 1.29 is 24.9 Å². The van der Waals surface area contributed by atoms with Gasteiger partial charge in [-0.05, 0) is 0 Å². The van der Waals surface area contributed by atoms with Gasteiger partial charge >= 0.3 is 0 Å². The van der Waals surface area contributed by atoms with Crippen molar-refractivity contribution in [3.63, 3.8) is 0 Å². The molecule has 1 aliphatic heterocycles. The molecule has 0 bridgehead atoms. The molecule has 0 saturated heterocycles. The lowest BCUT2D eigenvalue weighted by Crippen LogP contribution is -2.30. The third kappa shape index (κ3) is 1.84. The number of hydrogen-bond acceptors (Lipinski definition) is 5. The number of aliphatic hydroxyl groups excluding tert-OH is 3. The highest BCUT2D eigenvalue weighted by atomic mass is 16.5. The molecule has 1 aromatic rings. The average Bonchev–Trinajstić information content (AvgIpc) is 2.45. The summed E-state index contributed by atoms with van der Waals surface area (Å²) < 4.78 is 5.65. The summed E-state index contributed by atoms with van der Waals surface area (Å²) >= 11 is 0. The summed E-state index contributed by atoms with van der Waals surface area (Å²) in [6.45, 7) is 0. The van der Waals surface area contributed by atoms with Crippen LogP contribution in [-0.4, -0.2) is 27.2 Å². The molecule has 1 atom stereocenters. The Bertz CT molecular complexity index is 667. The van der Waals surface area contributed by atoms with Crippen LogP contribution in [0.15, 0.2) is 59.3 Å². The Kier molecular flexibility index (Phi) is 2.75. The fourth-order valence-electron chi connectivity index (χ4n) is 2.30. The summed E-state index contributed by atoms with van der Waals surface area (Å²) in [6, 6.07) is 9.07. The minimum atomic E-state index is -0.793. The largest absolute Gasteiger partial charge is 0.508 e. The maximum atomic E-state index is 12.1. The molecule has 5 heteroatoms. The highest BCUT2D eigenvalue weighted by Gasteiger charge is 2.37. The third-order valence-electron chi connectivity index (χ3n) is 3.31. The summed E-state index contributed by atoms with van der Waals surface area (Å²) in [5.74, 6) is -1.72. The minimum Gasteiger partial charge on any atom is -0.508 e. The number of rotatable bonds is 1. The van der Waals surface area contributed by atoms with Gasteiger partial charge in [-0.25, -0.2) is 0 Å². The van der Waals surface area contributed by atoms with Crippen LogP contribution >= 0.6 is 0 Å². The summed E-state index contributed by atoms with van der Waals surface area (Å²) in [4.78, 5) is 12.1. The van der Waals surface area contributed by atoms with Gasteiger partial charge in [-0.15, -0.1) is 0 Å². The van der Waals surface area contributed by atoms with Crippen LogP contribution in [0.1, 0.15) is 12.0 Å². The second kappa shape index (κ2) is 4.45. The number of ether oxygens (including phenoxy) is 1. The van der Waals surface area contributed by atoms with Gasteiger partial charge in [0.05, 0.1) is 12.0 Å². The van der Waals surface area contributed by atoms with Crippen LogP contribution in [0.5, 0.6) is 0 Å². The summed E-state index contributed by atoms with van der Waals surface area (Å²) in [6.07, 6.45) is 0.423. The molecule has 3 rings (SSSR count). The number of fused-ring (bicyclic) bond motifs is 1. The van der Waals surface area contributed by atoms with E-state index in [1.54, 1.807) is 12.1 Å². The van der Waals surface area contributed by atoms with E-state index >= 15 is 0 Å².